The van der Waals surface area contributed by atoms with Crippen molar-refractivity contribution < 1.29 is 4.42 Å². The average Bonchev–Trinajstić information content (AvgIpc) is 2.99. The van der Waals surface area contributed by atoms with Crippen molar-refractivity contribution in [1.82, 2.24) is 10.2 Å². The Morgan fingerprint density at radius 1 is 1.20 bits per heavy atom. The Morgan fingerprint density at radius 2 is 2.00 bits per heavy atom. The first kappa shape index (κ1) is 13.1. The van der Waals surface area contributed by atoms with E-state index >= 15 is 0 Å². The lowest BCUT2D eigenvalue weighted by Gasteiger charge is -2.05. The second kappa shape index (κ2) is 4.89. The van der Waals surface area contributed by atoms with Crippen LogP contribution in [0.4, 0.5) is 5.82 Å². The van der Waals surface area contributed by atoms with Gasteiger partial charge in [0, 0.05) is 5.56 Å². The normalized spacial score (nSPS) is 10.9. The minimum atomic E-state index is 0.402. The minimum absolute atomic E-state index is 0.402. The van der Waals surface area contributed by atoms with Crippen LogP contribution in [-0.2, 0) is 0 Å². The van der Waals surface area contributed by atoms with Crippen molar-refractivity contribution in [3.8, 4) is 22.4 Å². The molecule has 0 aliphatic heterocycles. The fraction of sp³-hybridized carbons (Fsp3) is 0.0714. The van der Waals surface area contributed by atoms with Crippen LogP contribution in [0.25, 0.3) is 22.4 Å². The van der Waals surface area contributed by atoms with Gasteiger partial charge in [-0.1, -0.05) is 29.3 Å². The zero-order valence-corrected chi connectivity index (χ0v) is 12.1. The van der Waals surface area contributed by atoms with Gasteiger partial charge in [-0.25, -0.2) is 0 Å². The number of hydrogen-bond donors (Lipinski definition) is 2. The fourth-order valence-corrected chi connectivity index (χ4v) is 2.44. The molecule has 1 aromatic carbocycles. The number of nitrogen functional groups attached to an aromatic ring is 1. The van der Waals surface area contributed by atoms with Crippen LogP contribution < -0.4 is 5.73 Å². The van der Waals surface area contributed by atoms with Gasteiger partial charge in [-0.3, -0.25) is 5.10 Å². The number of nitrogens with two attached hydrogens (primary N) is 1. The Kier molecular flexibility index (Phi) is 3.20. The van der Waals surface area contributed by atoms with Crippen molar-refractivity contribution in [2.24, 2.45) is 0 Å². The minimum Gasteiger partial charge on any atom is -0.469 e. The van der Waals surface area contributed by atoms with Gasteiger partial charge in [0.05, 0.1) is 27.6 Å². The molecule has 4 nitrogen and oxygen atoms in total. The predicted molar refractivity (Wildman–Crippen MR) is 80.9 cm³/mol. The highest BCUT2D eigenvalue weighted by Crippen LogP contribution is 2.38. The van der Waals surface area contributed by atoms with Gasteiger partial charge in [0.1, 0.15) is 5.76 Å². The molecule has 0 unspecified atom stereocenters. The van der Waals surface area contributed by atoms with E-state index in [0.717, 1.165) is 28.1 Å². The maximum absolute atomic E-state index is 6.07. The summed E-state index contributed by atoms with van der Waals surface area (Å²) in [5.74, 6) is 1.19. The summed E-state index contributed by atoms with van der Waals surface area (Å²) in [4.78, 5) is 0. The molecule has 2 aromatic heterocycles. The van der Waals surface area contributed by atoms with Crippen LogP contribution in [0.2, 0.25) is 10.0 Å². The number of H-pyrrole nitrogens is 1. The first-order valence-electron chi connectivity index (χ1n) is 5.91. The van der Waals surface area contributed by atoms with Crippen LogP contribution in [0.5, 0.6) is 0 Å². The summed E-state index contributed by atoms with van der Waals surface area (Å²) < 4.78 is 5.33. The summed E-state index contributed by atoms with van der Waals surface area (Å²) in [5.41, 5.74) is 9.31. The van der Waals surface area contributed by atoms with Crippen LogP contribution in [-0.4, -0.2) is 10.2 Å². The molecule has 0 aliphatic carbocycles. The maximum Gasteiger partial charge on any atom is 0.153 e. The molecule has 3 aromatic rings. The van der Waals surface area contributed by atoms with Gasteiger partial charge in [0.2, 0.25) is 0 Å². The predicted octanol–water partition coefficient (Wildman–Crippen LogP) is 4.53. The standard InChI is InChI=1S/C14H11Cl2N3O/c1-7-9(4-5-20-7)13-12(14(17)19-18-13)8-2-3-10(15)11(16)6-8/h2-6H,1H3,(H3,17,18,19). The number of aryl methyl sites for hydroxylation is 1. The molecule has 0 amide bonds. The van der Waals surface area contributed by atoms with Crippen molar-refractivity contribution in [1.29, 1.82) is 0 Å². The molecule has 0 saturated carbocycles. The quantitative estimate of drug-likeness (QED) is 0.730. The molecule has 0 saturated heterocycles. The fourth-order valence-electron chi connectivity index (χ4n) is 2.14. The van der Waals surface area contributed by atoms with E-state index in [1.807, 2.05) is 19.1 Å². The molecule has 0 spiro atoms. The Balaban J connectivity index is 2.21. The SMILES string of the molecule is Cc1occc1-c1[nH]nc(N)c1-c1ccc(Cl)c(Cl)c1. The van der Waals surface area contributed by atoms with Crippen LogP contribution in [0, 0.1) is 6.92 Å². The molecule has 0 radical (unpaired) electrons. The lowest BCUT2D eigenvalue weighted by Crippen LogP contribution is -1.89. The summed E-state index contributed by atoms with van der Waals surface area (Å²) in [7, 11) is 0. The number of benzene rings is 1. The second-order valence-electron chi connectivity index (χ2n) is 4.38. The van der Waals surface area contributed by atoms with E-state index in [1.54, 1.807) is 18.4 Å². The highest BCUT2D eigenvalue weighted by Gasteiger charge is 2.18. The van der Waals surface area contributed by atoms with E-state index in [9.17, 15) is 0 Å². The van der Waals surface area contributed by atoms with Crippen molar-refractivity contribution in [2.75, 3.05) is 5.73 Å². The summed E-state index contributed by atoms with van der Waals surface area (Å²) in [5, 5.41) is 7.99. The number of rotatable bonds is 2. The van der Waals surface area contributed by atoms with Crippen molar-refractivity contribution in [3.05, 3.63) is 46.3 Å². The third-order valence-electron chi connectivity index (χ3n) is 3.13. The van der Waals surface area contributed by atoms with Gasteiger partial charge in [0.15, 0.2) is 5.82 Å². The van der Waals surface area contributed by atoms with Crippen molar-refractivity contribution >= 4 is 29.0 Å². The van der Waals surface area contributed by atoms with E-state index in [2.05, 4.69) is 10.2 Å². The smallest absolute Gasteiger partial charge is 0.153 e. The Hall–Kier alpha value is -1.91. The highest BCUT2D eigenvalue weighted by atomic mass is 35.5. The molecule has 3 rings (SSSR count). The van der Waals surface area contributed by atoms with E-state index in [4.69, 9.17) is 33.4 Å². The lowest BCUT2D eigenvalue weighted by molar-refractivity contribution is 0.535. The van der Waals surface area contributed by atoms with Gasteiger partial charge < -0.3 is 10.2 Å². The number of aromatic amines is 1. The maximum atomic E-state index is 6.07. The second-order valence-corrected chi connectivity index (χ2v) is 5.19. The average molecular weight is 308 g/mol. The molecule has 20 heavy (non-hydrogen) atoms. The van der Waals surface area contributed by atoms with Gasteiger partial charge in [0.25, 0.3) is 0 Å². The van der Waals surface area contributed by atoms with Gasteiger partial charge in [-0.05, 0) is 30.7 Å². The zero-order valence-electron chi connectivity index (χ0n) is 10.6. The third kappa shape index (κ3) is 2.07. The summed E-state index contributed by atoms with van der Waals surface area (Å²) >= 11 is 12.0. The highest BCUT2D eigenvalue weighted by molar-refractivity contribution is 6.42. The molecule has 0 atom stereocenters. The monoisotopic (exact) mass is 307 g/mol. The number of nitrogens with zero attached hydrogens (tertiary/aromatic N) is 1. The topological polar surface area (TPSA) is 67.8 Å². The van der Waals surface area contributed by atoms with Crippen LogP contribution >= 0.6 is 23.2 Å². The van der Waals surface area contributed by atoms with Crippen LogP contribution in [0.15, 0.2) is 34.9 Å². The Bertz CT molecular complexity index is 777. The van der Waals surface area contributed by atoms with E-state index in [1.165, 1.54) is 0 Å². The molecule has 2 heterocycles. The number of furan rings is 1. The molecule has 6 heteroatoms. The third-order valence-corrected chi connectivity index (χ3v) is 3.87. The number of anilines is 1. The van der Waals surface area contributed by atoms with E-state index in [-0.39, 0.29) is 0 Å². The first-order valence-corrected chi connectivity index (χ1v) is 6.67. The number of hydrogen-bond acceptors (Lipinski definition) is 3. The Labute approximate surface area is 125 Å². The lowest BCUT2D eigenvalue weighted by atomic mass is 10.0. The van der Waals surface area contributed by atoms with Gasteiger partial charge in [-0.15, -0.1) is 0 Å². The molecule has 3 N–H and O–H groups in total. The summed E-state index contributed by atoms with van der Waals surface area (Å²) in [6.45, 7) is 1.88. The molecule has 0 fully saturated rings. The van der Waals surface area contributed by atoms with Crippen molar-refractivity contribution in [2.45, 2.75) is 6.92 Å². The molecular formula is C14H11Cl2N3O. The molecule has 0 aliphatic rings. The number of halogens is 2. The first-order chi connectivity index (χ1) is 9.58. The van der Waals surface area contributed by atoms with E-state index < -0.39 is 0 Å². The van der Waals surface area contributed by atoms with Gasteiger partial charge in [-0.2, -0.15) is 5.10 Å². The zero-order chi connectivity index (χ0) is 14.3. The van der Waals surface area contributed by atoms with Crippen LogP contribution in [0.3, 0.4) is 0 Å². The molecule has 0 bridgehead atoms. The van der Waals surface area contributed by atoms with Gasteiger partial charge >= 0.3 is 0 Å². The molecule has 102 valence electrons. The molecular weight excluding hydrogens is 297 g/mol. The largest absolute Gasteiger partial charge is 0.469 e. The number of nitrogens with one attached hydrogen (secondary N) is 1. The summed E-state index contributed by atoms with van der Waals surface area (Å²) in [6.07, 6.45) is 1.63. The summed E-state index contributed by atoms with van der Waals surface area (Å²) in [6, 6.07) is 7.22. The van der Waals surface area contributed by atoms with Crippen molar-refractivity contribution in [3.63, 3.8) is 0 Å². The Morgan fingerprint density at radius 3 is 2.65 bits per heavy atom. The number of aromatic nitrogens is 2. The van der Waals surface area contributed by atoms with Crippen LogP contribution in [0.1, 0.15) is 5.76 Å². The van der Waals surface area contributed by atoms with E-state index in [0.29, 0.717) is 15.9 Å².